The Morgan fingerprint density at radius 3 is 2.83 bits per heavy atom. The maximum Gasteiger partial charge on any atom is 0.257 e. The number of benzene rings is 1. The second-order valence-electron chi connectivity index (χ2n) is 6.83. The van der Waals surface area contributed by atoms with Crippen LogP contribution in [0.4, 0.5) is 5.69 Å². The molecule has 1 aliphatic carbocycles. The summed E-state index contributed by atoms with van der Waals surface area (Å²) in [7, 11) is 0. The van der Waals surface area contributed by atoms with E-state index in [2.05, 4.69) is 17.5 Å². The van der Waals surface area contributed by atoms with Crippen molar-refractivity contribution in [3.63, 3.8) is 0 Å². The minimum absolute atomic E-state index is 0.147. The van der Waals surface area contributed by atoms with Gasteiger partial charge in [0, 0.05) is 12.1 Å². The van der Waals surface area contributed by atoms with E-state index in [4.69, 9.17) is 4.98 Å². The van der Waals surface area contributed by atoms with E-state index in [-0.39, 0.29) is 5.56 Å². The average Bonchev–Trinajstić information content (AvgIpc) is 2.62. The predicted octanol–water partition coefficient (Wildman–Crippen LogP) is 2.98. The number of rotatable bonds is 2. The molecule has 0 saturated carbocycles. The molecule has 0 amide bonds. The quantitative estimate of drug-likeness (QED) is 0.865. The first-order valence-electron chi connectivity index (χ1n) is 8.73. The zero-order chi connectivity index (χ0) is 16.5. The summed E-state index contributed by atoms with van der Waals surface area (Å²) in [5.41, 5.74) is 6.98. The third-order valence-corrected chi connectivity index (χ3v) is 4.83. The Kier molecular flexibility index (Phi) is 3.92. The molecule has 24 heavy (non-hydrogen) atoms. The zero-order valence-electron chi connectivity index (χ0n) is 14.0. The first kappa shape index (κ1) is 15.1. The first-order valence-corrected chi connectivity index (χ1v) is 8.73. The van der Waals surface area contributed by atoms with Crippen molar-refractivity contribution in [1.29, 1.82) is 0 Å². The molecule has 2 aromatic rings. The highest BCUT2D eigenvalue weighted by molar-refractivity contribution is 5.98. The van der Waals surface area contributed by atoms with Crippen LogP contribution in [0.25, 0.3) is 0 Å². The van der Waals surface area contributed by atoms with Gasteiger partial charge in [-0.25, -0.2) is 4.98 Å². The van der Waals surface area contributed by atoms with Gasteiger partial charge in [0.05, 0.1) is 11.4 Å². The molecule has 0 saturated heterocycles. The Hall–Kier alpha value is -2.43. The van der Waals surface area contributed by atoms with Gasteiger partial charge in [-0.15, -0.1) is 0 Å². The number of anilines is 1. The van der Waals surface area contributed by atoms with E-state index in [1.165, 1.54) is 0 Å². The van der Waals surface area contributed by atoms with Crippen molar-refractivity contribution in [3.8, 4) is 0 Å². The fourth-order valence-corrected chi connectivity index (χ4v) is 3.62. The second-order valence-corrected chi connectivity index (χ2v) is 6.83. The molecule has 1 atom stereocenters. The molecule has 5 nitrogen and oxygen atoms in total. The van der Waals surface area contributed by atoms with Crippen molar-refractivity contribution in [2.24, 2.45) is 11.0 Å². The summed E-state index contributed by atoms with van der Waals surface area (Å²) in [4.78, 5) is 17.7. The average molecular weight is 322 g/mol. The third-order valence-electron chi connectivity index (χ3n) is 4.83. The topological polar surface area (TPSA) is 59.3 Å². The largest absolute Gasteiger partial charge is 0.291 e. The van der Waals surface area contributed by atoms with Gasteiger partial charge >= 0.3 is 0 Å². The number of fused-ring (bicyclic) bond motifs is 2. The molecule has 2 aliphatic rings. The van der Waals surface area contributed by atoms with E-state index in [0.717, 1.165) is 67.1 Å². The van der Waals surface area contributed by atoms with Gasteiger partial charge in [0.1, 0.15) is 5.71 Å². The van der Waals surface area contributed by atoms with E-state index in [1.54, 1.807) is 0 Å². The van der Waals surface area contributed by atoms with Crippen molar-refractivity contribution >= 4 is 11.4 Å². The Morgan fingerprint density at radius 1 is 1.21 bits per heavy atom. The Balaban J connectivity index is 1.76. The maximum absolute atomic E-state index is 12.9. The van der Waals surface area contributed by atoms with Crippen molar-refractivity contribution < 1.29 is 0 Å². The van der Waals surface area contributed by atoms with E-state index in [1.807, 2.05) is 34.9 Å². The molecule has 1 aromatic heterocycles. The molecule has 0 fully saturated rings. The van der Waals surface area contributed by atoms with Gasteiger partial charge in [-0.3, -0.25) is 14.8 Å². The number of hydrazone groups is 1. The lowest BCUT2D eigenvalue weighted by Gasteiger charge is -2.27. The number of nitrogens with one attached hydrogen (secondary N) is 1. The number of aromatic nitrogens is 2. The van der Waals surface area contributed by atoms with Crippen molar-refractivity contribution in [2.75, 3.05) is 5.43 Å². The highest BCUT2D eigenvalue weighted by Gasteiger charge is 2.27. The lowest BCUT2D eigenvalue weighted by Crippen LogP contribution is -2.39. The molecule has 1 aromatic carbocycles. The standard InChI is InChI=1S/C19H22N4O/c1-13-11-17(22-21-14-7-3-2-4-8-14)18-20-16-10-6-5-9-15(16)19(24)23(18)12-13/h2-4,7-8,13,21H,5-6,9-12H2,1H3/b22-17+. The minimum atomic E-state index is 0.147. The van der Waals surface area contributed by atoms with Gasteiger partial charge in [-0.2, -0.15) is 5.10 Å². The van der Waals surface area contributed by atoms with E-state index >= 15 is 0 Å². The highest BCUT2D eigenvalue weighted by atomic mass is 16.1. The molecule has 5 heteroatoms. The molecule has 1 aliphatic heterocycles. The molecule has 124 valence electrons. The van der Waals surface area contributed by atoms with Crippen molar-refractivity contribution in [2.45, 2.75) is 45.6 Å². The van der Waals surface area contributed by atoms with Crippen LogP contribution in [-0.2, 0) is 19.4 Å². The van der Waals surface area contributed by atoms with Crippen molar-refractivity contribution in [1.82, 2.24) is 9.55 Å². The molecule has 0 radical (unpaired) electrons. The molecule has 0 spiro atoms. The fraction of sp³-hybridized carbons (Fsp3) is 0.421. The van der Waals surface area contributed by atoms with Gasteiger partial charge in [0.25, 0.3) is 5.56 Å². The zero-order valence-corrected chi connectivity index (χ0v) is 14.0. The lowest BCUT2D eigenvalue weighted by atomic mass is 9.94. The van der Waals surface area contributed by atoms with E-state index in [0.29, 0.717) is 5.92 Å². The summed E-state index contributed by atoms with van der Waals surface area (Å²) in [6.07, 6.45) is 4.83. The summed E-state index contributed by atoms with van der Waals surface area (Å²) in [6, 6.07) is 9.87. The van der Waals surface area contributed by atoms with Crippen LogP contribution in [0.15, 0.2) is 40.2 Å². The summed E-state index contributed by atoms with van der Waals surface area (Å²) < 4.78 is 1.84. The summed E-state index contributed by atoms with van der Waals surface area (Å²) in [5, 5.41) is 4.58. The van der Waals surface area contributed by atoms with Gasteiger partial charge in [0.2, 0.25) is 0 Å². The van der Waals surface area contributed by atoms with Gasteiger partial charge < -0.3 is 0 Å². The predicted molar refractivity (Wildman–Crippen MR) is 95.5 cm³/mol. The second kappa shape index (κ2) is 6.23. The molecule has 1 N–H and O–H groups in total. The number of hydrogen-bond acceptors (Lipinski definition) is 4. The van der Waals surface area contributed by atoms with Gasteiger partial charge in [-0.1, -0.05) is 25.1 Å². The first-order chi connectivity index (χ1) is 11.7. The van der Waals surface area contributed by atoms with Crippen LogP contribution in [0.1, 0.15) is 43.3 Å². The molecular formula is C19H22N4O. The normalized spacial score (nSPS) is 21.2. The van der Waals surface area contributed by atoms with Gasteiger partial charge in [0.15, 0.2) is 5.82 Å². The van der Waals surface area contributed by atoms with Crippen LogP contribution in [0.2, 0.25) is 0 Å². The maximum atomic E-state index is 12.9. The molecular weight excluding hydrogens is 300 g/mol. The van der Waals surface area contributed by atoms with E-state index < -0.39 is 0 Å². The van der Waals surface area contributed by atoms with E-state index in [9.17, 15) is 4.79 Å². The van der Waals surface area contributed by atoms with Crippen LogP contribution in [0.5, 0.6) is 0 Å². The summed E-state index contributed by atoms with van der Waals surface area (Å²) in [6.45, 7) is 2.89. The molecule has 1 unspecified atom stereocenters. The monoisotopic (exact) mass is 322 g/mol. The number of hydrogen-bond donors (Lipinski definition) is 1. The molecule has 0 bridgehead atoms. The molecule has 2 heterocycles. The van der Waals surface area contributed by atoms with Crippen LogP contribution in [0.3, 0.4) is 0 Å². The summed E-state index contributed by atoms with van der Waals surface area (Å²) >= 11 is 0. The lowest BCUT2D eigenvalue weighted by molar-refractivity contribution is 0.449. The minimum Gasteiger partial charge on any atom is -0.291 e. The number of para-hydroxylation sites is 1. The third kappa shape index (κ3) is 2.75. The van der Waals surface area contributed by atoms with Crippen molar-refractivity contribution in [3.05, 3.63) is 57.8 Å². The Morgan fingerprint density at radius 2 is 2.00 bits per heavy atom. The summed E-state index contributed by atoms with van der Waals surface area (Å²) in [5.74, 6) is 1.14. The van der Waals surface area contributed by atoms with Crippen LogP contribution in [-0.4, -0.2) is 15.3 Å². The van der Waals surface area contributed by atoms with Gasteiger partial charge in [-0.05, 0) is 50.2 Å². The number of aryl methyl sites for hydroxylation is 1. The SMILES string of the molecule is CC1C/C(=N\Nc2ccccc2)c2nc3c(c(=O)n2C1)CCCC3. The smallest absolute Gasteiger partial charge is 0.257 e. The Bertz CT molecular complexity index is 838. The Labute approximate surface area is 141 Å². The molecule has 4 rings (SSSR count). The fourth-order valence-electron chi connectivity index (χ4n) is 3.62. The van der Waals surface area contributed by atoms with Crippen LogP contribution < -0.4 is 11.0 Å². The number of nitrogens with zero attached hydrogens (tertiary/aromatic N) is 3. The highest BCUT2D eigenvalue weighted by Crippen LogP contribution is 2.22. The van der Waals surface area contributed by atoms with Crippen LogP contribution >= 0.6 is 0 Å². The van der Waals surface area contributed by atoms with Crippen LogP contribution in [0, 0.1) is 5.92 Å².